The van der Waals surface area contributed by atoms with Crippen LogP contribution in [0.2, 0.25) is 0 Å². The topological polar surface area (TPSA) is 149 Å². The van der Waals surface area contributed by atoms with Crippen molar-refractivity contribution in [3.63, 3.8) is 0 Å². The van der Waals surface area contributed by atoms with Gasteiger partial charge in [0.1, 0.15) is 12.2 Å². The van der Waals surface area contributed by atoms with E-state index in [2.05, 4.69) is 0 Å². The first-order valence-electron chi connectivity index (χ1n) is 10.2. The van der Waals surface area contributed by atoms with E-state index in [1.165, 1.54) is 6.92 Å². The monoisotopic (exact) mass is 424 g/mol. The van der Waals surface area contributed by atoms with Gasteiger partial charge in [-0.15, -0.1) is 0 Å². The van der Waals surface area contributed by atoms with Crippen LogP contribution in [0.1, 0.15) is 34.1 Å². The molecule has 6 aliphatic rings. The molecule has 4 aliphatic heterocycles. The zero-order valence-electron chi connectivity index (χ0n) is 16.9. The maximum Gasteiger partial charge on any atom is 0.342 e. The highest BCUT2D eigenvalue weighted by molar-refractivity contribution is 5.93. The number of fused-ring (bicyclic) bond motifs is 1. The van der Waals surface area contributed by atoms with Crippen molar-refractivity contribution in [1.82, 2.24) is 0 Å². The van der Waals surface area contributed by atoms with E-state index in [1.54, 1.807) is 0 Å². The summed E-state index contributed by atoms with van der Waals surface area (Å²) in [5.41, 5.74) is -7.95. The van der Waals surface area contributed by atoms with Crippen molar-refractivity contribution in [1.29, 1.82) is 0 Å². The van der Waals surface area contributed by atoms with Gasteiger partial charge < -0.3 is 34.3 Å². The molecule has 11 atom stereocenters. The first kappa shape index (κ1) is 19.0. The number of hydrogen-bond donors (Lipinski definition) is 3. The lowest BCUT2D eigenvalue weighted by atomic mass is 9.51. The second kappa shape index (κ2) is 4.69. The number of aliphatic hydroxyl groups excluding tert-OH is 2. The fraction of sp³-hybridized carbons (Fsp3) is 0.850. The molecule has 0 aromatic rings. The van der Waals surface area contributed by atoms with E-state index in [-0.39, 0.29) is 6.42 Å². The van der Waals surface area contributed by atoms with Crippen LogP contribution in [-0.2, 0) is 33.3 Å². The van der Waals surface area contributed by atoms with Gasteiger partial charge in [-0.2, -0.15) is 0 Å². The van der Waals surface area contributed by atoms with E-state index in [4.69, 9.17) is 18.9 Å². The fourth-order valence-corrected chi connectivity index (χ4v) is 8.22. The first-order chi connectivity index (χ1) is 13.8. The molecule has 6 rings (SSSR count). The van der Waals surface area contributed by atoms with Crippen LogP contribution in [0.15, 0.2) is 0 Å². The second-order valence-electron chi connectivity index (χ2n) is 10.7. The van der Waals surface area contributed by atoms with Crippen LogP contribution in [-0.4, -0.2) is 75.1 Å². The van der Waals surface area contributed by atoms with E-state index in [0.29, 0.717) is 0 Å². The van der Waals surface area contributed by atoms with Crippen molar-refractivity contribution < 1.29 is 48.7 Å². The minimum Gasteiger partial charge on any atom is -0.459 e. The lowest BCUT2D eigenvalue weighted by molar-refractivity contribution is -0.239. The molecule has 3 N–H and O–H groups in total. The molecule has 6 fully saturated rings. The molecular formula is C20H24O10. The van der Waals surface area contributed by atoms with Gasteiger partial charge in [0.2, 0.25) is 11.9 Å². The van der Waals surface area contributed by atoms with Gasteiger partial charge in [0, 0.05) is 12.3 Å². The quantitative estimate of drug-likeness (QED) is 0.314. The molecule has 0 amide bonds. The van der Waals surface area contributed by atoms with Crippen molar-refractivity contribution >= 4 is 17.9 Å². The number of rotatable bonds is 0. The summed E-state index contributed by atoms with van der Waals surface area (Å²) < 4.78 is 22.6. The summed E-state index contributed by atoms with van der Waals surface area (Å²) in [6.07, 6.45) is -6.73. The zero-order chi connectivity index (χ0) is 21.8. The lowest BCUT2D eigenvalue weighted by Crippen LogP contribution is -2.66. The molecule has 0 aromatic carbocycles. The summed E-state index contributed by atoms with van der Waals surface area (Å²) in [7, 11) is 0. The molecule has 4 saturated heterocycles. The molecule has 0 aromatic heterocycles. The van der Waals surface area contributed by atoms with Crippen molar-refractivity contribution in [2.24, 2.45) is 28.1 Å². The average Bonchev–Trinajstić information content (AvgIpc) is 3.32. The summed E-state index contributed by atoms with van der Waals surface area (Å²) in [6.45, 7) is 6.97. The Hall–Kier alpha value is -1.75. The van der Waals surface area contributed by atoms with Crippen molar-refractivity contribution in [2.75, 3.05) is 0 Å². The Morgan fingerprint density at radius 3 is 2.33 bits per heavy atom. The Kier molecular flexibility index (Phi) is 2.97. The van der Waals surface area contributed by atoms with Gasteiger partial charge in [-0.3, -0.25) is 4.79 Å². The number of carbonyl (C=O) groups excluding carboxylic acids is 3. The molecule has 10 nitrogen and oxygen atoms in total. The standard InChI is InChI=1S/C20H24O10/c1-6-12(23)27-7-5-17-11-8(21)9(16(2,3)4)18(17)10(22)13(24)29-15(18)30-20(17,14(25)28-11)19(6,7)26/h6-11,15,21-22,26H,5H2,1-4H3/t6-,7?,8-,9?,10+,11?,15-,17?,18?,19-,20-/m1/s1. The third-order valence-corrected chi connectivity index (χ3v) is 8.91. The minimum absolute atomic E-state index is 0.107. The molecule has 2 aliphatic carbocycles. The summed E-state index contributed by atoms with van der Waals surface area (Å²) in [5.74, 6) is -4.43. The fourth-order valence-electron chi connectivity index (χ4n) is 8.22. The van der Waals surface area contributed by atoms with Gasteiger partial charge in [0.25, 0.3) is 0 Å². The van der Waals surface area contributed by atoms with Crippen LogP contribution in [0.3, 0.4) is 0 Å². The summed E-state index contributed by atoms with van der Waals surface area (Å²) in [6, 6.07) is 0. The van der Waals surface area contributed by atoms with Crippen LogP contribution >= 0.6 is 0 Å². The largest absolute Gasteiger partial charge is 0.459 e. The van der Waals surface area contributed by atoms with E-state index < -0.39 is 87.9 Å². The Morgan fingerprint density at radius 1 is 1.03 bits per heavy atom. The molecule has 4 heterocycles. The molecule has 5 unspecified atom stereocenters. The predicted molar refractivity (Wildman–Crippen MR) is 92.0 cm³/mol. The third kappa shape index (κ3) is 1.35. The highest BCUT2D eigenvalue weighted by Gasteiger charge is 3.02. The Bertz CT molecular complexity index is 925. The molecule has 2 spiro atoms. The van der Waals surface area contributed by atoms with Gasteiger partial charge >= 0.3 is 17.9 Å². The van der Waals surface area contributed by atoms with Crippen molar-refractivity contribution in [3.8, 4) is 0 Å². The summed E-state index contributed by atoms with van der Waals surface area (Å²) >= 11 is 0. The van der Waals surface area contributed by atoms with Gasteiger partial charge in [-0.25, -0.2) is 9.59 Å². The normalized spacial score (nSPS) is 60.1. The first-order valence-corrected chi connectivity index (χ1v) is 10.2. The Balaban J connectivity index is 1.71. The van der Waals surface area contributed by atoms with Crippen molar-refractivity contribution in [2.45, 2.75) is 76.0 Å². The van der Waals surface area contributed by atoms with E-state index in [9.17, 15) is 29.7 Å². The number of hydrogen-bond acceptors (Lipinski definition) is 10. The summed E-state index contributed by atoms with van der Waals surface area (Å²) in [4.78, 5) is 38.2. The molecule has 164 valence electrons. The van der Waals surface area contributed by atoms with Crippen LogP contribution in [0.25, 0.3) is 0 Å². The molecule has 0 bridgehead atoms. The maximum absolute atomic E-state index is 13.4. The Morgan fingerprint density at radius 2 is 1.70 bits per heavy atom. The van der Waals surface area contributed by atoms with Crippen LogP contribution in [0.4, 0.5) is 0 Å². The van der Waals surface area contributed by atoms with Gasteiger partial charge in [-0.1, -0.05) is 20.8 Å². The molecule has 0 radical (unpaired) electrons. The van der Waals surface area contributed by atoms with Crippen LogP contribution < -0.4 is 0 Å². The number of aliphatic hydroxyl groups is 3. The molecule has 10 heteroatoms. The third-order valence-electron chi connectivity index (χ3n) is 8.91. The van der Waals surface area contributed by atoms with E-state index in [1.807, 2.05) is 20.8 Å². The minimum atomic E-state index is -2.12. The maximum atomic E-state index is 13.4. The van der Waals surface area contributed by atoms with Crippen molar-refractivity contribution in [3.05, 3.63) is 0 Å². The number of ether oxygens (including phenoxy) is 4. The number of carbonyl (C=O) groups is 3. The summed E-state index contributed by atoms with van der Waals surface area (Å²) in [5, 5.41) is 34.4. The Labute approximate surface area is 171 Å². The second-order valence-corrected chi connectivity index (χ2v) is 10.7. The van der Waals surface area contributed by atoms with Crippen LogP contribution in [0, 0.1) is 28.1 Å². The van der Waals surface area contributed by atoms with Gasteiger partial charge in [0.15, 0.2) is 11.7 Å². The number of esters is 3. The molecule has 2 saturated carbocycles. The predicted octanol–water partition coefficient (Wildman–Crippen LogP) is -1.37. The molecular weight excluding hydrogens is 400 g/mol. The van der Waals surface area contributed by atoms with Gasteiger partial charge in [-0.05, 0) is 12.3 Å². The van der Waals surface area contributed by atoms with E-state index >= 15 is 0 Å². The van der Waals surface area contributed by atoms with Gasteiger partial charge in [0.05, 0.1) is 22.9 Å². The highest BCUT2D eigenvalue weighted by Crippen LogP contribution is 2.84. The smallest absolute Gasteiger partial charge is 0.342 e. The highest BCUT2D eigenvalue weighted by atomic mass is 16.8. The zero-order valence-corrected chi connectivity index (χ0v) is 16.9. The molecule has 30 heavy (non-hydrogen) atoms. The SMILES string of the molecule is C[C@@H]1C(=O)OC2CC34C5OC(=O)[C@]3(O[C@H]3OC(=O)[C@H](O)C34C(C(C)(C)C)[C@H]5O)[C@]21O. The van der Waals surface area contributed by atoms with Crippen LogP contribution in [0.5, 0.6) is 0 Å². The lowest BCUT2D eigenvalue weighted by Gasteiger charge is -2.46. The van der Waals surface area contributed by atoms with E-state index in [0.717, 1.165) is 0 Å². The average molecular weight is 424 g/mol.